The number of nitrogens with one attached hydrogen (secondary N) is 1. The molecule has 22 heavy (non-hydrogen) atoms. The van der Waals surface area contributed by atoms with Crippen molar-refractivity contribution in [2.75, 3.05) is 19.6 Å². The highest BCUT2D eigenvalue weighted by atomic mass is 16.4. The molecule has 2 aliphatic heterocycles. The highest BCUT2D eigenvalue weighted by Crippen LogP contribution is 2.35. The summed E-state index contributed by atoms with van der Waals surface area (Å²) >= 11 is 0. The van der Waals surface area contributed by atoms with Crippen LogP contribution in [-0.4, -0.2) is 52.2 Å². The standard InChI is InChI=1S/C14H20N2.C2H2O4/c1-2-5-13(6-3-1)11-16-10-4-7-14(16)8-9-15-12-14;3-1(4)2(5)6/h1-3,5-6,15H,4,7-12H2;(H,3,4)(H,5,6). The molecule has 0 aromatic heterocycles. The number of carboxylic acid groups (broad SMARTS) is 2. The molecule has 2 aliphatic rings. The minimum atomic E-state index is -1.82. The zero-order valence-corrected chi connectivity index (χ0v) is 12.5. The molecule has 2 fully saturated rings. The van der Waals surface area contributed by atoms with Gasteiger partial charge in [0.1, 0.15) is 0 Å². The molecule has 1 atom stereocenters. The molecule has 1 aromatic carbocycles. The maximum Gasteiger partial charge on any atom is 0.414 e. The number of nitrogens with zero attached hydrogens (tertiary/aromatic N) is 1. The van der Waals surface area contributed by atoms with Gasteiger partial charge in [0, 0.05) is 18.6 Å². The molecular weight excluding hydrogens is 284 g/mol. The Labute approximate surface area is 129 Å². The molecule has 0 bridgehead atoms. The zero-order valence-electron chi connectivity index (χ0n) is 12.5. The average molecular weight is 306 g/mol. The van der Waals surface area contributed by atoms with Crippen molar-refractivity contribution in [2.24, 2.45) is 0 Å². The van der Waals surface area contributed by atoms with E-state index in [-0.39, 0.29) is 0 Å². The van der Waals surface area contributed by atoms with Gasteiger partial charge in [-0.25, -0.2) is 9.59 Å². The van der Waals surface area contributed by atoms with Crippen molar-refractivity contribution in [3.63, 3.8) is 0 Å². The van der Waals surface area contributed by atoms with E-state index in [0.717, 1.165) is 6.54 Å². The molecule has 120 valence electrons. The van der Waals surface area contributed by atoms with E-state index in [0.29, 0.717) is 5.54 Å². The minimum absolute atomic E-state index is 0.482. The van der Waals surface area contributed by atoms with Crippen LogP contribution in [0, 0.1) is 0 Å². The van der Waals surface area contributed by atoms with E-state index in [1.54, 1.807) is 0 Å². The molecule has 0 amide bonds. The van der Waals surface area contributed by atoms with Gasteiger partial charge in [-0.3, -0.25) is 4.90 Å². The summed E-state index contributed by atoms with van der Waals surface area (Å²) in [7, 11) is 0. The van der Waals surface area contributed by atoms with Gasteiger partial charge in [0.2, 0.25) is 0 Å². The number of hydrogen-bond acceptors (Lipinski definition) is 4. The highest BCUT2D eigenvalue weighted by Gasteiger charge is 2.42. The van der Waals surface area contributed by atoms with Gasteiger partial charge in [0.05, 0.1) is 0 Å². The van der Waals surface area contributed by atoms with E-state index in [9.17, 15) is 0 Å². The van der Waals surface area contributed by atoms with Crippen LogP contribution in [0.2, 0.25) is 0 Å². The van der Waals surface area contributed by atoms with Gasteiger partial charge in [0.15, 0.2) is 0 Å². The average Bonchev–Trinajstić information content (AvgIpc) is 3.12. The number of carboxylic acids is 2. The smallest absolute Gasteiger partial charge is 0.414 e. The van der Waals surface area contributed by atoms with Gasteiger partial charge in [-0.2, -0.15) is 0 Å². The third-order valence-electron chi connectivity index (χ3n) is 4.36. The van der Waals surface area contributed by atoms with Crippen molar-refractivity contribution >= 4 is 11.9 Å². The second-order valence-corrected chi connectivity index (χ2v) is 5.77. The van der Waals surface area contributed by atoms with E-state index in [4.69, 9.17) is 19.8 Å². The van der Waals surface area contributed by atoms with E-state index in [1.165, 1.54) is 44.5 Å². The summed E-state index contributed by atoms with van der Waals surface area (Å²) in [6, 6.07) is 10.9. The van der Waals surface area contributed by atoms with Crippen LogP contribution < -0.4 is 5.32 Å². The van der Waals surface area contributed by atoms with Crippen molar-refractivity contribution in [1.82, 2.24) is 10.2 Å². The molecule has 1 spiro atoms. The SMILES string of the molecule is O=C(O)C(=O)O.c1ccc(CN2CCCC23CCNC3)cc1. The van der Waals surface area contributed by atoms with Gasteiger partial charge in [-0.05, 0) is 37.9 Å². The predicted molar refractivity (Wildman–Crippen MR) is 81.6 cm³/mol. The quantitative estimate of drug-likeness (QED) is 0.711. The predicted octanol–water partition coefficient (Wildman–Crippen LogP) is 1.17. The van der Waals surface area contributed by atoms with Crippen LogP contribution in [0.25, 0.3) is 0 Å². The maximum atomic E-state index is 9.10. The largest absolute Gasteiger partial charge is 0.473 e. The first-order chi connectivity index (χ1) is 10.5. The Morgan fingerprint density at radius 1 is 1.14 bits per heavy atom. The summed E-state index contributed by atoms with van der Waals surface area (Å²) in [5.41, 5.74) is 1.94. The summed E-state index contributed by atoms with van der Waals surface area (Å²) in [6.07, 6.45) is 4.08. The Morgan fingerprint density at radius 2 is 1.82 bits per heavy atom. The first-order valence-corrected chi connectivity index (χ1v) is 7.49. The maximum absolute atomic E-state index is 9.10. The number of rotatable bonds is 2. The molecule has 0 radical (unpaired) electrons. The summed E-state index contributed by atoms with van der Waals surface area (Å²) in [4.78, 5) is 20.9. The molecule has 3 N–H and O–H groups in total. The van der Waals surface area contributed by atoms with Gasteiger partial charge in [-0.1, -0.05) is 30.3 Å². The fraction of sp³-hybridized carbons (Fsp3) is 0.500. The van der Waals surface area contributed by atoms with Crippen LogP contribution in [-0.2, 0) is 16.1 Å². The lowest BCUT2D eigenvalue weighted by molar-refractivity contribution is -0.159. The highest BCUT2D eigenvalue weighted by molar-refractivity contribution is 6.27. The first-order valence-electron chi connectivity index (χ1n) is 7.49. The molecule has 1 aromatic rings. The molecule has 0 saturated carbocycles. The zero-order chi connectivity index (χ0) is 16.0. The van der Waals surface area contributed by atoms with E-state index in [1.807, 2.05) is 0 Å². The monoisotopic (exact) mass is 306 g/mol. The van der Waals surface area contributed by atoms with Gasteiger partial charge < -0.3 is 15.5 Å². The molecular formula is C16H22N2O4. The van der Waals surface area contributed by atoms with Gasteiger partial charge in [0.25, 0.3) is 0 Å². The fourth-order valence-electron chi connectivity index (χ4n) is 3.26. The number of hydrogen-bond donors (Lipinski definition) is 3. The summed E-state index contributed by atoms with van der Waals surface area (Å²) in [5.74, 6) is -3.65. The Hall–Kier alpha value is -1.92. The number of carbonyl (C=O) groups is 2. The number of benzene rings is 1. The topological polar surface area (TPSA) is 89.9 Å². The Bertz CT molecular complexity index is 495. The van der Waals surface area contributed by atoms with Crippen LogP contribution in [0.4, 0.5) is 0 Å². The van der Waals surface area contributed by atoms with Crippen LogP contribution >= 0.6 is 0 Å². The Kier molecular flexibility index (Phi) is 5.51. The number of likely N-dealkylation sites (tertiary alicyclic amines) is 1. The molecule has 2 saturated heterocycles. The van der Waals surface area contributed by atoms with Crippen LogP contribution in [0.3, 0.4) is 0 Å². The van der Waals surface area contributed by atoms with Crippen molar-refractivity contribution in [3.8, 4) is 0 Å². The van der Waals surface area contributed by atoms with Crippen molar-refractivity contribution in [1.29, 1.82) is 0 Å². The fourth-order valence-corrected chi connectivity index (χ4v) is 3.26. The third-order valence-corrected chi connectivity index (χ3v) is 4.36. The van der Waals surface area contributed by atoms with E-state index in [2.05, 4.69) is 40.5 Å². The lowest BCUT2D eigenvalue weighted by Crippen LogP contribution is -2.44. The van der Waals surface area contributed by atoms with E-state index < -0.39 is 11.9 Å². The molecule has 6 nitrogen and oxygen atoms in total. The minimum Gasteiger partial charge on any atom is -0.473 e. The molecule has 1 unspecified atom stereocenters. The lowest BCUT2D eigenvalue weighted by atomic mass is 9.95. The van der Waals surface area contributed by atoms with Crippen molar-refractivity contribution in [2.45, 2.75) is 31.3 Å². The van der Waals surface area contributed by atoms with Gasteiger partial charge in [-0.15, -0.1) is 0 Å². The summed E-state index contributed by atoms with van der Waals surface area (Å²) in [6.45, 7) is 4.80. The second-order valence-electron chi connectivity index (χ2n) is 5.77. The van der Waals surface area contributed by atoms with Crippen molar-refractivity contribution < 1.29 is 19.8 Å². The van der Waals surface area contributed by atoms with Crippen molar-refractivity contribution in [3.05, 3.63) is 35.9 Å². The van der Waals surface area contributed by atoms with Crippen LogP contribution in [0.15, 0.2) is 30.3 Å². The Morgan fingerprint density at radius 3 is 2.36 bits per heavy atom. The second kappa shape index (κ2) is 7.38. The molecule has 2 heterocycles. The normalized spacial score (nSPS) is 24.0. The van der Waals surface area contributed by atoms with E-state index >= 15 is 0 Å². The number of aliphatic carboxylic acids is 2. The first kappa shape index (κ1) is 16.5. The van der Waals surface area contributed by atoms with Crippen LogP contribution in [0.1, 0.15) is 24.8 Å². The summed E-state index contributed by atoms with van der Waals surface area (Å²) in [5, 5.41) is 18.3. The van der Waals surface area contributed by atoms with Crippen LogP contribution in [0.5, 0.6) is 0 Å². The lowest BCUT2D eigenvalue weighted by Gasteiger charge is -2.34. The molecule has 6 heteroatoms. The molecule has 0 aliphatic carbocycles. The Balaban J connectivity index is 0.000000254. The summed E-state index contributed by atoms with van der Waals surface area (Å²) < 4.78 is 0. The van der Waals surface area contributed by atoms with Gasteiger partial charge >= 0.3 is 11.9 Å². The molecule has 3 rings (SSSR count). The third kappa shape index (κ3) is 4.05.